The molecule has 1 rings (SSSR count). The molecule has 0 saturated carbocycles. The maximum Gasteiger partial charge on any atom is 0.0269 e. The minimum absolute atomic E-state index is 0.113. The van der Waals surface area contributed by atoms with E-state index in [-0.39, 0.29) is 6.04 Å². The maximum absolute atomic E-state index is 5.81. The van der Waals surface area contributed by atoms with Crippen molar-refractivity contribution >= 4 is 15.9 Å². The second kappa shape index (κ2) is 3.58. The third-order valence-electron chi connectivity index (χ3n) is 2.11. The first-order valence-corrected chi connectivity index (χ1v) is 4.84. The molecule has 12 heavy (non-hydrogen) atoms. The van der Waals surface area contributed by atoms with Crippen LogP contribution in [0.2, 0.25) is 0 Å². The van der Waals surface area contributed by atoms with Gasteiger partial charge in [0, 0.05) is 10.5 Å². The van der Waals surface area contributed by atoms with Gasteiger partial charge in [0.15, 0.2) is 0 Å². The number of aryl methyl sites for hydroxylation is 1. The third kappa shape index (κ3) is 1.70. The SMILES string of the molecule is Cc1ccc(C(C)N)c(C)c1Br. The fourth-order valence-corrected chi connectivity index (χ4v) is 1.69. The molecule has 1 aromatic carbocycles. The Bertz CT molecular complexity index is 292. The van der Waals surface area contributed by atoms with E-state index in [2.05, 4.69) is 41.9 Å². The summed E-state index contributed by atoms with van der Waals surface area (Å²) in [5.41, 5.74) is 9.54. The summed E-state index contributed by atoms with van der Waals surface area (Å²) in [5.74, 6) is 0. The molecular formula is C10H14BrN. The van der Waals surface area contributed by atoms with Crippen molar-refractivity contribution in [3.05, 3.63) is 33.3 Å². The summed E-state index contributed by atoms with van der Waals surface area (Å²) in [6.45, 7) is 6.18. The highest BCUT2D eigenvalue weighted by Gasteiger charge is 2.07. The van der Waals surface area contributed by atoms with E-state index in [1.54, 1.807) is 0 Å². The summed E-state index contributed by atoms with van der Waals surface area (Å²) >= 11 is 3.54. The van der Waals surface area contributed by atoms with E-state index in [0.717, 1.165) is 0 Å². The molecule has 0 aromatic heterocycles. The lowest BCUT2D eigenvalue weighted by Crippen LogP contribution is -2.07. The molecule has 0 saturated heterocycles. The van der Waals surface area contributed by atoms with Crippen LogP contribution < -0.4 is 5.73 Å². The highest BCUT2D eigenvalue weighted by Crippen LogP contribution is 2.26. The molecule has 2 N–H and O–H groups in total. The van der Waals surface area contributed by atoms with Crippen LogP contribution in [0.1, 0.15) is 29.7 Å². The minimum Gasteiger partial charge on any atom is -0.324 e. The lowest BCUT2D eigenvalue weighted by Gasteiger charge is -2.12. The Hall–Kier alpha value is -0.340. The molecule has 0 aliphatic heterocycles. The van der Waals surface area contributed by atoms with Crippen molar-refractivity contribution in [1.82, 2.24) is 0 Å². The molecule has 1 aromatic rings. The van der Waals surface area contributed by atoms with Gasteiger partial charge in [0.25, 0.3) is 0 Å². The first-order chi connectivity index (χ1) is 5.54. The molecule has 1 unspecified atom stereocenters. The fraction of sp³-hybridized carbons (Fsp3) is 0.400. The van der Waals surface area contributed by atoms with E-state index in [0.29, 0.717) is 0 Å². The molecule has 1 nitrogen and oxygen atoms in total. The molecule has 0 fully saturated rings. The summed E-state index contributed by atoms with van der Waals surface area (Å²) in [6.07, 6.45) is 0. The summed E-state index contributed by atoms with van der Waals surface area (Å²) in [5, 5.41) is 0. The predicted molar refractivity (Wildman–Crippen MR) is 56.2 cm³/mol. The van der Waals surface area contributed by atoms with E-state index in [4.69, 9.17) is 5.73 Å². The van der Waals surface area contributed by atoms with Crippen LogP contribution in [0.4, 0.5) is 0 Å². The van der Waals surface area contributed by atoms with Gasteiger partial charge in [0.2, 0.25) is 0 Å². The smallest absolute Gasteiger partial charge is 0.0269 e. The quantitative estimate of drug-likeness (QED) is 0.785. The molecule has 0 aliphatic carbocycles. The molecule has 1 atom stereocenters. The Morgan fingerprint density at radius 2 is 1.92 bits per heavy atom. The molecule has 0 aliphatic rings. The van der Waals surface area contributed by atoms with Crippen molar-refractivity contribution in [3.8, 4) is 0 Å². The van der Waals surface area contributed by atoms with Crippen molar-refractivity contribution < 1.29 is 0 Å². The van der Waals surface area contributed by atoms with E-state index in [1.165, 1.54) is 21.2 Å². The van der Waals surface area contributed by atoms with Crippen LogP contribution in [0, 0.1) is 13.8 Å². The molecule has 0 spiro atoms. The maximum atomic E-state index is 5.81. The van der Waals surface area contributed by atoms with Gasteiger partial charge in [-0.25, -0.2) is 0 Å². The van der Waals surface area contributed by atoms with Gasteiger partial charge in [0.05, 0.1) is 0 Å². The number of benzene rings is 1. The Balaban J connectivity index is 3.27. The fourth-order valence-electron chi connectivity index (χ4n) is 1.33. The van der Waals surface area contributed by atoms with Crippen LogP contribution in [0.15, 0.2) is 16.6 Å². The van der Waals surface area contributed by atoms with E-state index < -0.39 is 0 Å². The number of rotatable bonds is 1. The molecule has 2 heteroatoms. The van der Waals surface area contributed by atoms with Gasteiger partial charge in [-0.05, 0) is 37.5 Å². The van der Waals surface area contributed by atoms with Gasteiger partial charge in [0.1, 0.15) is 0 Å². The standard InChI is InChI=1S/C10H14BrN/c1-6-4-5-9(8(3)12)7(2)10(6)11/h4-5,8H,12H2,1-3H3. The lowest BCUT2D eigenvalue weighted by molar-refractivity contribution is 0.808. The second-order valence-electron chi connectivity index (χ2n) is 3.20. The topological polar surface area (TPSA) is 26.0 Å². The number of hydrogen-bond acceptors (Lipinski definition) is 1. The average Bonchev–Trinajstić information content (AvgIpc) is 2.00. The van der Waals surface area contributed by atoms with Gasteiger partial charge in [-0.3, -0.25) is 0 Å². The highest BCUT2D eigenvalue weighted by atomic mass is 79.9. The van der Waals surface area contributed by atoms with Crippen molar-refractivity contribution in [3.63, 3.8) is 0 Å². The summed E-state index contributed by atoms with van der Waals surface area (Å²) in [4.78, 5) is 0. The first kappa shape index (κ1) is 9.75. The van der Waals surface area contributed by atoms with Crippen molar-refractivity contribution in [2.45, 2.75) is 26.8 Å². The zero-order chi connectivity index (χ0) is 9.30. The van der Waals surface area contributed by atoms with Gasteiger partial charge >= 0.3 is 0 Å². The molecule has 0 heterocycles. The summed E-state index contributed by atoms with van der Waals surface area (Å²) in [6, 6.07) is 4.30. The second-order valence-corrected chi connectivity index (χ2v) is 3.99. The van der Waals surface area contributed by atoms with Crippen LogP contribution in [0.3, 0.4) is 0 Å². The zero-order valence-corrected chi connectivity index (χ0v) is 9.27. The average molecular weight is 228 g/mol. The van der Waals surface area contributed by atoms with Gasteiger partial charge in [-0.15, -0.1) is 0 Å². The molecule has 0 amide bonds. The molecular weight excluding hydrogens is 214 g/mol. The Morgan fingerprint density at radius 3 is 2.42 bits per heavy atom. The summed E-state index contributed by atoms with van der Waals surface area (Å²) < 4.78 is 1.18. The van der Waals surface area contributed by atoms with E-state index in [1.807, 2.05) is 6.92 Å². The van der Waals surface area contributed by atoms with Gasteiger partial charge < -0.3 is 5.73 Å². The van der Waals surface area contributed by atoms with Crippen LogP contribution in [-0.4, -0.2) is 0 Å². The lowest BCUT2D eigenvalue weighted by atomic mass is 10.0. The molecule has 0 radical (unpaired) electrons. The normalized spacial score (nSPS) is 13.1. The van der Waals surface area contributed by atoms with Gasteiger partial charge in [-0.1, -0.05) is 28.1 Å². The Morgan fingerprint density at radius 1 is 1.33 bits per heavy atom. The van der Waals surface area contributed by atoms with E-state index >= 15 is 0 Å². The summed E-state index contributed by atoms with van der Waals surface area (Å²) in [7, 11) is 0. The number of halogens is 1. The van der Waals surface area contributed by atoms with Crippen LogP contribution in [0.5, 0.6) is 0 Å². The van der Waals surface area contributed by atoms with Crippen molar-refractivity contribution in [1.29, 1.82) is 0 Å². The van der Waals surface area contributed by atoms with Crippen molar-refractivity contribution in [2.24, 2.45) is 5.73 Å². The van der Waals surface area contributed by atoms with Crippen molar-refractivity contribution in [2.75, 3.05) is 0 Å². The van der Waals surface area contributed by atoms with Crippen LogP contribution in [-0.2, 0) is 0 Å². The third-order valence-corrected chi connectivity index (χ3v) is 3.33. The predicted octanol–water partition coefficient (Wildman–Crippen LogP) is 3.09. The number of hydrogen-bond donors (Lipinski definition) is 1. The van der Waals surface area contributed by atoms with Gasteiger partial charge in [-0.2, -0.15) is 0 Å². The highest BCUT2D eigenvalue weighted by molar-refractivity contribution is 9.10. The van der Waals surface area contributed by atoms with Crippen LogP contribution in [0.25, 0.3) is 0 Å². The molecule has 66 valence electrons. The first-order valence-electron chi connectivity index (χ1n) is 4.05. The van der Waals surface area contributed by atoms with E-state index in [9.17, 15) is 0 Å². The van der Waals surface area contributed by atoms with Crippen LogP contribution >= 0.6 is 15.9 Å². The Labute approximate surface area is 82.1 Å². The monoisotopic (exact) mass is 227 g/mol. The largest absolute Gasteiger partial charge is 0.324 e. The number of nitrogens with two attached hydrogens (primary N) is 1. The Kier molecular flexibility index (Phi) is 2.91. The molecule has 0 bridgehead atoms. The zero-order valence-electron chi connectivity index (χ0n) is 7.69. The minimum atomic E-state index is 0.113.